The summed E-state index contributed by atoms with van der Waals surface area (Å²) in [5, 5.41) is 24.3. The van der Waals surface area contributed by atoms with Gasteiger partial charge in [0.1, 0.15) is 19.0 Å². The van der Waals surface area contributed by atoms with Gasteiger partial charge in [0.25, 0.3) is 0 Å². The predicted octanol–water partition coefficient (Wildman–Crippen LogP) is 2.16. The van der Waals surface area contributed by atoms with E-state index in [-0.39, 0.29) is 42.7 Å². The fourth-order valence-electron chi connectivity index (χ4n) is 9.03. The number of carbonyl (C=O) groups excluding carboxylic acids is 3. The third-order valence-electron chi connectivity index (χ3n) is 10.7. The fourth-order valence-corrected chi connectivity index (χ4v) is 9.03. The second-order valence-corrected chi connectivity index (χ2v) is 13.5. The van der Waals surface area contributed by atoms with E-state index < -0.39 is 28.1 Å². The van der Waals surface area contributed by atoms with Gasteiger partial charge in [0, 0.05) is 17.9 Å². The number of rotatable bonds is 5. The zero-order valence-electron chi connectivity index (χ0n) is 22.1. The summed E-state index contributed by atoms with van der Waals surface area (Å²) in [5.74, 6) is -0.725. The number of likely N-dealkylation sites (N-methyl/N-ethyl adjacent to an activating group) is 1. The van der Waals surface area contributed by atoms with Crippen LogP contribution < -0.4 is 0 Å². The fraction of sp³-hybridized carbons (Fsp3) is 0.821. The Labute approximate surface area is 213 Å². The Morgan fingerprint density at radius 2 is 1.83 bits per heavy atom. The van der Waals surface area contributed by atoms with E-state index in [1.807, 2.05) is 21.1 Å². The molecule has 0 spiro atoms. The van der Waals surface area contributed by atoms with Gasteiger partial charge in [0.15, 0.2) is 6.54 Å². The van der Waals surface area contributed by atoms with Gasteiger partial charge in [-0.25, -0.2) is 9.59 Å². The Kier molecular flexibility index (Phi) is 6.01. The summed E-state index contributed by atoms with van der Waals surface area (Å²) in [7, 11) is 5.78. The molecule has 0 aromatic rings. The van der Waals surface area contributed by atoms with E-state index in [0.717, 1.165) is 31.1 Å². The number of nitrogens with zero attached hydrogens (tertiary/aromatic N) is 1. The SMILES string of the molecule is C[C@]12CC[C@H]3[C@@H](CC[C@]4(O)C[C@@H](OC(=O)C[N+](C)(C)C)CC[C@]34C=O)[C@@]1(O)CC[C@@H]2C1=CC(=O)OC1. The van der Waals surface area contributed by atoms with Gasteiger partial charge in [-0.2, -0.15) is 0 Å². The number of cyclic esters (lactones) is 1. The summed E-state index contributed by atoms with van der Waals surface area (Å²) in [5.41, 5.74) is -2.57. The van der Waals surface area contributed by atoms with Crippen LogP contribution in [0.3, 0.4) is 0 Å². The molecular formula is C28H42NO7+. The van der Waals surface area contributed by atoms with Gasteiger partial charge in [0.05, 0.1) is 37.8 Å². The molecule has 4 fully saturated rings. The van der Waals surface area contributed by atoms with Crippen LogP contribution in [0.2, 0.25) is 0 Å². The topological polar surface area (TPSA) is 110 Å². The van der Waals surface area contributed by atoms with Gasteiger partial charge in [0.2, 0.25) is 0 Å². The molecule has 4 saturated carbocycles. The Bertz CT molecular complexity index is 987. The molecule has 0 aromatic carbocycles. The smallest absolute Gasteiger partial charge is 0.362 e. The average Bonchev–Trinajstić information content (AvgIpc) is 3.31. The highest BCUT2D eigenvalue weighted by Gasteiger charge is 2.71. The van der Waals surface area contributed by atoms with Gasteiger partial charge in [-0.15, -0.1) is 0 Å². The Hall–Kier alpha value is -1.77. The number of hydrogen-bond acceptors (Lipinski definition) is 7. The molecule has 4 aliphatic carbocycles. The van der Waals surface area contributed by atoms with Crippen LogP contribution in [0.15, 0.2) is 11.6 Å². The predicted molar refractivity (Wildman–Crippen MR) is 130 cm³/mol. The minimum Gasteiger partial charge on any atom is -0.458 e. The summed E-state index contributed by atoms with van der Waals surface area (Å²) in [4.78, 5) is 37.1. The zero-order chi connectivity index (χ0) is 26.1. The lowest BCUT2D eigenvalue weighted by atomic mass is 9.41. The number of aldehydes is 1. The first-order valence-electron chi connectivity index (χ1n) is 13.6. The molecule has 0 radical (unpaired) electrons. The maximum atomic E-state index is 12.9. The molecule has 0 saturated heterocycles. The van der Waals surface area contributed by atoms with Crippen molar-refractivity contribution in [1.82, 2.24) is 0 Å². The maximum absolute atomic E-state index is 12.9. The normalized spacial score (nSPS) is 46.2. The van der Waals surface area contributed by atoms with Crippen LogP contribution in [0.5, 0.6) is 0 Å². The zero-order valence-corrected chi connectivity index (χ0v) is 22.1. The third kappa shape index (κ3) is 3.70. The van der Waals surface area contributed by atoms with Crippen molar-refractivity contribution in [2.75, 3.05) is 34.3 Å². The maximum Gasteiger partial charge on any atom is 0.362 e. The second kappa shape index (κ2) is 8.37. The van der Waals surface area contributed by atoms with Crippen molar-refractivity contribution >= 4 is 18.2 Å². The van der Waals surface area contributed by atoms with Crippen LogP contribution in [0, 0.1) is 28.6 Å². The van der Waals surface area contributed by atoms with Crippen LogP contribution in [0.4, 0.5) is 0 Å². The van der Waals surface area contributed by atoms with E-state index >= 15 is 0 Å². The summed E-state index contributed by atoms with van der Waals surface area (Å²) >= 11 is 0. The molecule has 2 N–H and O–H groups in total. The van der Waals surface area contributed by atoms with Crippen molar-refractivity contribution in [3.63, 3.8) is 0 Å². The molecule has 1 heterocycles. The number of fused-ring (bicyclic) bond motifs is 5. The third-order valence-corrected chi connectivity index (χ3v) is 10.7. The van der Waals surface area contributed by atoms with E-state index in [0.29, 0.717) is 43.2 Å². The van der Waals surface area contributed by atoms with Gasteiger partial charge in [-0.1, -0.05) is 6.92 Å². The van der Waals surface area contributed by atoms with Crippen molar-refractivity contribution in [3.8, 4) is 0 Å². The molecule has 0 amide bonds. The van der Waals surface area contributed by atoms with Crippen LogP contribution in [-0.2, 0) is 23.9 Å². The van der Waals surface area contributed by atoms with Crippen LogP contribution in [0.25, 0.3) is 0 Å². The number of aliphatic hydroxyl groups is 2. The lowest BCUT2D eigenvalue weighted by Gasteiger charge is -2.65. The van der Waals surface area contributed by atoms with Gasteiger partial charge < -0.3 is 29.0 Å². The van der Waals surface area contributed by atoms with Crippen LogP contribution in [0.1, 0.15) is 64.7 Å². The van der Waals surface area contributed by atoms with Gasteiger partial charge in [-0.05, 0) is 74.7 Å². The summed E-state index contributed by atoms with van der Waals surface area (Å²) in [6.07, 6.45) is 7.36. The van der Waals surface area contributed by atoms with Gasteiger partial charge in [-0.3, -0.25) is 0 Å². The first kappa shape index (κ1) is 25.9. The van der Waals surface area contributed by atoms with E-state index in [2.05, 4.69) is 6.92 Å². The van der Waals surface area contributed by atoms with E-state index in [1.165, 1.54) is 0 Å². The van der Waals surface area contributed by atoms with Gasteiger partial charge >= 0.3 is 11.9 Å². The number of quaternary nitrogens is 1. The molecule has 0 aromatic heterocycles. The Morgan fingerprint density at radius 3 is 2.47 bits per heavy atom. The van der Waals surface area contributed by atoms with E-state index in [1.54, 1.807) is 6.08 Å². The first-order chi connectivity index (χ1) is 16.8. The van der Waals surface area contributed by atoms with Crippen molar-refractivity contribution in [1.29, 1.82) is 0 Å². The quantitative estimate of drug-likeness (QED) is 0.335. The molecule has 36 heavy (non-hydrogen) atoms. The summed E-state index contributed by atoms with van der Waals surface area (Å²) in [6.45, 7) is 2.69. The molecule has 8 nitrogen and oxygen atoms in total. The molecule has 8 heteroatoms. The highest BCUT2D eigenvalue weighted by molar-refractivity contribution is 5.85. The highest BCUT2D eigenvalue weighted by Crippen LogP contribution is 2.70. The molecule has 8 atom stereocenters. The average molecular weight is 505 g/mol. The summed E-state index contributed by atoms with van der Waals surface area (Å²) in [6, 6.07) is 0. The largest absolute Gasteiger partial charge is 0.458 e. The molecule has 5 aliphatic rings. The number of carbonyl (C=O) groups is 3. The molecule has 0 bridgehead atoms. The van der Waals surface area contributed by atoms with Crippen molar-refractivity contribution in [3.05, 3.63) is 11.6 Å². The minimum atomic E-state index is -1.24. The molecule has 0 unspecified atom stereocenters. The van der Waals surface area contributed by atoms with Crippen molar-refractivity contribution in [2.24, 2.45) is 28.6 Å². The van der Waals surface area contributed by atoms with E-state index in [4.69, 9.17) is 9.47 Å². The lowest BCUT2D eigenvalue weighted by Crippen LogP contribution is -2.69. The Balaban J connectivity index is 1.38. The monoisotopic (exact) mass is 504 g/mol. The van der Waals surface area contributed by atoms with Crippen LogP contribution in [-0.4, -0.2) is 84.5 Å². The Morgan fingerprint density at radius 1 is 1.11 bits per heavy atom. The standard InChI is InChI=1S/C28H42NO7/c1-25-9-6-21-22(28(25,34)12-8-20(25)18-13-23(31)35-16-18)7-11-27(33)14-19(5-10-26(21,27)17-30)36-24(32)15-29(2,3)4/h13,17,19-22,33-34H,5-12,14-16H2,1-4H3/q+1/t19-,20+,21-,22+,25+,26-,27-,28-/m0/s1. The molecule has 200 valence electrons. The number of ether oxygens (including phenoxy) is 2. The highest BCUT2D eigenvalue weighted by atomic mass is 16.5. The molecule has 1 aliphatic heterocycles. The second-order valence-electron chi connectivity index (χ2n) is 13.5. The van der Waals surface area contributed by atoms with Crippen molar-refractivity contribution < 1.29 is 38.6 Å². The van der Waals surface area contributed by atoms with Crippen molar-refractivity contribution in [2.45, 2.75) is 82.0 Å². The summed E-state index contributed by atoms with van der Waals surface area (Å²) < 4.78 is 11.4. The number of hydrogen-bond donors (Lipinski definition) is 2. The number of esters is 2. The first-order valence-corrected chi connectivity index (χ1v) is 13.6. The molecule has 5 rings (SSSR count). The lowest BCUT2D eigenvalue weighted by molar-refractivity contribution is -0.862. The molecular weight excluding hydrogens is 462 g/mol. The van der Waals surface area contributed by atoms with E-state index in [9.17, 15) is 24.6 Å². The minimum absolute atomic E-state index is 0.0826. The van der Waals surface area contributed by atoms with Crippen LogP contribution >= 0.6 is 0 Å².